The van der Waals surface area contributed by atoms with Gasteiger partial charge in [-0.1, -0.05) is 54.1 Å². The lowest BCUT2D eigenvalue weighted by Gasteiger charge is -2.07. The average molecular weight is 337 g/mol. The normalized spacial score (nSPS) is 10.3. The number of hydrogen-bond donors (Lipinski definition) is 0. The maximum Gasteiger partial charge on any atom is 0.153 e. The molecule has 3 aromatic rings. The molecule has 118 valence electrons. The highest BCUT2D eigenvalue weighted by Crippen LogP contribution is 2.30. The minimum atomic E-state index is -0.759. The third kappa shape index (κ3) is 3.30. The van der Waals surface area contributed by atoms with Crippen molar-refractivity contribution in [3.05, 3.63) is 77.9 Å². The zero-order chi connectivity index (χ0) is 17.1. The highest BCUT2D eigenvalue weighted by molar-refractivity contribution is 7.78. The molecule has 3 rings (SSSR count). The van der Waals surface area contributed by atoms with Crippen molar-refractivity contribution in [2.24, 2.45) is 4.99 Å². The molecule has 0 atom stereocenters. The SMILES string of the molecule is Cc1ccc(-c2ccc(-c3cc(F)c(N=C=S)c(F)c3)cc2)cc1. The van der Waals surface area contributed by atoms with Crippen molar-refractivity contribution in [1.29, 1.82) is 0 Å². The summed E-state index contributed by atoms with van der Waals surface area (Å²) in [5, 5.41) is 1.98. The van der Waals surface area contributed by atoms with E-state index < -0.39 is 17.3 Å². The quantitative estimate of drug-likeness (QED) is 0.401. The molecule has 0 aromatic heterocycles. The van der Waals surface area contributed by atoms with Crippen LogP contribution >= 0.6 is 12.2 Å². The largest absolute Gasteiger partial charge is 0.204 e. The first-order valence-electron chi connectivity index (χ1n) is 7.33. The van der Waals surface area contributed by atoms with E-state index in [0.717, 1.165) is 16.7 Å². The molecule has 0 radical (unpaired) electrons. The number of nitrogens with zero attached hydrogens (tertiary/aromatic N) is 1. The third-order valence-corrected chi connectivity index (χ3v) is 3.87. The van der Waals surface area contributed by atoms with E-state index in [9.17, 15) is 8.78 Å². The van der Waals surface area contributed by atoms with Gasteiger partial charge in [0.25, 0.3) is 0 Å². The first-order valence-corrected chi connectivity index (χ1v) is 7.73. The van der Waals surface area contributed by atoms with Crippen molar-refractivity contribution in [2.75, 3.05) is 0 Å². The smallest absolute Gasteiger partial charge is 0.153 e. The molecule has 0 saturated heterocycles. The lowest BCUT2D eigenvalue weighted by molar-refractivity contribution is 0.588. The molecule has 0 aliphatic carbocycles. The van der Waals surface area contributed by atoms with Crippen LogP contribution in [0.4, 0.5) is 14.5 Å². The van der Waals surface area contributed by atoms with Gasteiger partial charge in [-0.15, -0.1) is 0 Å². The highest BCUT2D eigenvalue weighted by Gasteiger charge is 2.11. The van der Waals surface area contributed by atoms with Gasteiger partial charge in [0.05, 0.1) is 5.16 Å². The van der Waals surface area contributed by atoms with E-state index in [-0.39, 0.29) is 0 Å². The number of thiocarbonyl (C=S) groups is 1. The fourth-order valence-corrected chi connectivity index (χ4v) is 2.58. The maximum absolute atomic E-state index is 13.9. The Bertz CT molecular complexity index is 902. The van der Waals surface area contributed by atoms with E-state index in [1.807, 2.05) is 60.6 Å². The summed E-state index contributed by atoms with van der Waals surface area (Å²) >= 11 is 4.40. The first-order chi connectivity index (χ1) is 11.6. The molecule has 0 aliphatic rings. The minimum Gasteiger partial charge on any atom is -0.204 e. The van der Waals surface area contributed by atoms with Crippen molar-refractivity contribution >= 4 is 23.1 Å². The minimum absolute atomic E-state index is 0.412. The molecule has 0 unspecified atom stereocenters. The number of hydrogen-bond acceptors (Lipinski definition) is 2. The van der Waals surface area contributed by atoms with Crippen LogP contribution in [0.2, 0.25) is 0 Å². The molecule has 0 fully saturated rings. The van der Waals surface area contributed by atoms with Crippen molar-refractivity contribution in [2.45, 2.75) is 6.92 Å². The summed E-state index contributed by atoms with van der Waals surface area (Å²) in [6.07, 6.45) is 0. The van der Waals surface area contributed by atoms with Crippen LogP contribution in [0.1, 0.15) is 5.56 Å². The van der Waals surface area contributed by atoms with Crippen molar-refractivity contribution in [3.8, 4) is 22.3 Å². The molecule has 0 spiro atoms. The Hall–Kier alpha value is -2.68. The van der Waals surface area contributed by atoms with Gasteiger partial charge in [0, 0.05) is 0 Å². The van der Waals surface area contributed by atoms with Crippen LogP contribution in [0.3, 0.4) is 0 Å². The fourth-order valence-electron chi connectivity index (χ4n) is 2.49. The monoisotopic (exact) mass is 337 g/mol. The second-order valence-electron chi connectivity index (χ2n) is 5.43. The second kappa shape index (κ2) is 6.83. The molecule has 0 heterocycles. The Morgan fingerprint density at radius 1 is 0.750 bits per heavy atom. The van der Waals surface area contributed by atoms with Crippen LogP contribution in [-0.2, 0) is 0 Å². The van der Waals surface area contributed by atoms with Crippen LogP contribution in [0.25, 0.3) is 22.3 Å². The van der Waals surface area contributed by atoms with Crippen LogP contribution < -0.4 is 0 Å². The van der Waals surface area contributed by atoms with Crippen LogP contribution in [0.15, 0.2) is 65.7 Å². The molecule has 0 amide bonds. The Morgan fingerprint density at radius 2 is 1.17 bits per heavy atom. The fraction of sp³-hybridized carbons (Fsp3) is 0.0500. The molecule has 0 N–H and O–H groups in total. The Morgan fingerprint density at radius 3 is 1.62 bits per heavy atom. The van der Waals surface area contributed by atoms with Gasteiger partial charge in [0.15, 0.2) is 11.6 Å². The van der Waals surface area contributed by atoms with Crippen LogP contribution in [0, 0.1) is 18.6 Å². The average Bonchev–Trinajstić information content (AvgIpc) is 2.59. The zero-order valence-electron chi connectivity index (χ0n) is 12.9. The lowest BCUT2D eigenvalue weighted by Crippen LogP contribution is -1.87. The summed E-state index contributed by atoms with van der Waals surface area (Å²) in [5.41, 5.74) is 4.09. The zero-order valence-corrected chi connectivity index (χ0v) is 13.7. The number of aliphatic imine (C=N–C) groups is 1. The molecule has 3 aromatic carbocycles. The summed E-state index contributed by atoms with van der Waals surface area (Å²) in [5.74, 6) is -1.52. The van der Waals surface area contributed by atoms with Gasteiger partial charge >= 0.3 is 0 Å². The van der Waals surface area contributed by atoms with E-state index >= 15 is 0 Å². The third-order valence-electron chi connectivity index (χ3n) is 3.78. The number of benzene rings is 3. The molecule has 1 nitrogen and oxygen atoms in total. The van der Waals surface area contributed by atoms with E-state index in [4.69, 9.17) is 0 Å². The predicted octanol–water partition coefficient (Wildman–Crippen LogP) is 6.34. The van der Waals surface area contributed by atoms with Crippen molar-refractivity contribution in [1.82, 2.24) is 0 Å². The van der Waals surface area contributed by atoms with Crippen molar-refractivity contribution in [3.63, 3.8) is 0 Å². The number of aryl methyl sites for hydroxylation is 1. The van der Waals surface area contributed by atoms with E-state index in [1.165, 1.54) is 17.7 Å². The maximum atomic E-state index is 13.9. The van der Waals surface area contributed by atoms with Gasteiger partial charge in [-0.2, -0.15) is 4.99 Å². The molecule has 0 bridgehead atoms. The summed E-state index contributed by atoms with van der Waals surface area (Å²) in [6, 6.07) is 18.2. The number of rotatable bonds is 3. The van der Waals surface area contributed by atoms with Gasteiger partial charge in [-0.3, -0.25) is 0 Å². The van der Waals surface area contributed by atoms with Crippen molar-refractivity contribution < 1.29 is 8.78 Å². The van der Waals surface area contributed by atoms with Gasteiger partial charge in [0.2, 0.25) is 0 Å². The van der Waals surface area contributed by atoms with E-state index in [2.05, 4.69) is 17.2 Å². The number of isothiocyanates is 1. The Balaban J connectivity index is 1.96. The van der Waals surface area contributed by atoms with Crippen LogP contribution in [0.5, 0.6) is 0 Å². The first kappa shape index (κ1) is 16.2. The Kier molecular flexibility index (Phi) is 4.61. The van der Waals surface area contributed by atoms with Crippen LogP contribution in [-0.4, -0.2) is 5.16 Å². The van der Waals surface area contributed by atoms with Gasteiger partial charge < -0.3 is 0 Å². The van der Waals surface area contributed by atoms with Gasteiger partial charge in [-0.05, 0) is 53.5 Å². The highest BCUT2D eigenvalue weighted by atomic mass is 32.1. The summed E-state index contributed by atoms with van der Waals surface area (Å²) in [6.45, 7) is 2.04. The second-order valence-corrected chi connectivity index (χ2v) is 5.62. The number of halogens is 2. The lowest BCUT2D eigenvalue weighted by atomic mass is 9.99. The molecular formula is C20H13F2NS. The molecular weight excluding hydrogens is 324 g/mol. The Labute approximate surface area is 144 Å². The predicted molar refractivity (Wildman–Crippen MR) is 96.7 cm³/mol. The summed E-state index contributed by atoms with van der Waals surface area (Å²) < 4.78 is 27.9. The van der Waals surface area contributed by atoms with E-state index in [1.54, 1.807) is 0 Å². The van der Waals surface area contributed by atoms with Gasteiger partial charge in [0.1, 0.15) is 5.69 Å². The standard InChI is InChI=1S/C20H13F2NS/c1-13-2-4-14(5-3-13)15-6-8-16(9-7-15)17-10-18(21)20(23-12-24)19(22)11-17/h2-11H,1H3. The van der Waals surface area contributed by atoms with E-state index in [0.29, 0.717) is 5.56 Å². The summed E-state index contributed by atoms with van der Waals surface area (Å²) in [7, 11) is 0. The van der Waals surface area contributed by atoms with Gasteiger partial charge in [-0.25, -0.2) is 8.78 Å². The molecule has 0 aliphatic heterocycles. The summed E-state index contributed by atoms with van der Waals surface area (Å²) in [4.78, 5) is 3.42. The topological polar surface area (TPSA) is 12.4 Å². The molecule has 4 heteroatoms. The molecule has 24 heavy (non-hydrogen) atoms. The molecule has 0 saturated carbocycles.